The van der Waals surface area contributed by atoms with E-state index in [2.05, 4.69) is 65.7 Å². The third kappa shape index (κ3) is 3.25. The lowest BCUT2D eigenvalue weighted by Crippen LogP contribution is -2.35. The van der Waals surface area contributed by atoms with Gasteiger partial charge in [-0.15, -0.1) is 0 Å². The minimum absolute atomic E-state index is 0.490. The Kier molecular flexibility index (Phi) is 4.63. The van der Waals surface area contributed by atoms with Crippen molar-refractivity contribution in [3.63, 3.8) is 0 Å². The van der Waals surface area contributed by atoms with Crippen LogP contribution in [0, 0.1) is 6.92 Å². The summed E-state index contributed by atoms with van der Waals surface area (Å²) in [5.74, 6) is 1.83. The molecule has 1 aliphatic rings. The summed E-state index contributed by atoms with van der Waals surface area (Å²) < 4.78 is 2.34. The Morgan fingerprint density at radius 1 is 1.27 bits per heavy atom. The SMILES string of the molecule is Cc1ccccc1CN1CCC[C@@H](c2nccn2C(C)C)C1. The number of piperidine rings is 1. The van der Waals surface area contributed by atoms with E-state index in [4.69, 9.17) is 0 Å². The molecule has 0 aliphatic carbocycles. The van der Waals surface area contributed by atoms with Gasteiger partial charge in [0, 0.05) is 37.4 Å². The van der Waals surface area contributed by atoms with Crippen molar-refractivity contribution in [3.8, 4) is 0 Å². The van der Waals surface area contributed by atoms with Crippen molar-refractivity contribution in [3.05, 3.63) is 53.6 Å². The first kappa shape index (κ1) is 15.3. The molecule has 1 saturated heterocycles. The molecule has 0 bridgehead atoms. The van der Waals surface area contributed by atoms with Crippen LogP contribution in [0.1, 0.15) is 55.6 Å². The van der Waals surface area contributed by atoms with Gasteiger partial charge in [-0.2, -0.15) is 0 Å². The molecule has 1 aromatic heterocycles. The lowest BCUT2D eigenvalue weighted by molar-refractivity contribution is 0.193. The highest BCUT2D eigenvalue weighted by Gasteiger charge is 2.25. The summed E-state index contributed by atoms with van der Waals surface area (Å²) in [7, 11) is 0. The molecule has 1 aliphatic heterocycles. The number of aromatic nitrogens is 2. The van der Waals surface area contributed by atoms with Gasteiger partial charge in [0.25, 0.3) is 0 Å². The van der Waals surface area contributed by atoms with Crippen molar-refractivity contribution in [2.45, 2.75) is 52.1 Å². The van der Waals surface area contributed by atoms with E-state index in [1.54, 1.807) is 0 Å². The predicted molar refractivity (Wildman–Crippen MR) is 91.0 cm³/mol. The zero-order chi connectivity index (χ0) is 15.5. The van der Waals surface area contributed by atoms with Crippen molar-refractivity contribution in [1.82, 2.24) is 14.5 Å². The summed E-state index contributed by atoms with van der Waals surface area (Å²) >= 11 is 0. The van der Waals surface area contributed by atoms with E-state index in [9.17, 15) is 0 Å². The van der Waals surface area contributed by atoms with Crippen LogP contribution in [0.25, 0.3) is 0 Å². The number of imidazole rings is 1. The second kappa shape index (κ2) is 6.66. The summed E-state index contributed by atoms with van der Waals surface area (Å²) in [6.45, 7) is 10.1. The number of aryl methyl sites for hydroxylation is 1. The Morgan fingerprint density at radius 3 is 2.86 bits per heavy atom. The van der Waals surface area contributed by atoms with Crippen molar-refractivity contribution >= 4 is 0 Å². The smallest absolute Gasteiger partial charge is 0.113 e. The summed E-state index contributed by atoms with van der Waals surface area (Å²) in [6, 6.07) is 9.23. The lowest BCUT2D eigenvalue weighted by Gasteiger charge is -2.33. The van der Waals surface area contributed by atoms with Gasteiger partial charge in [-0.25, -0.2) is 4.98 Å². The van der Waals surface area contributed by atoms with E-state index in [0.717, 1.165) is 13.1 Å². The molecule has 3 nitrogen and oxygen atoms in total. The molecule has 2 aromatic rings. The lowest BCUT2D eigenvalue weighted by atomic mass is 9.96. The van der Waals surface area contributed by atoms with Crippen LogP contribution in [0.2, 0.25) is 0 Å². The Balaban J connectivity index is 1.72. The minimum Gasteiger partial charge on any atom is -0.332 e. The molecule has 2 heterocycles. The zero-order valence-electron chi connectivity index (χ0n) is 14.0. The molecule has 0 amide bonds. The molecular weight excluding hydrogens is 270 g/mol. The molecule has 0 saturated carbocycles. The predicted octanol–water partition coefficient (Wildman–Crippen LogP) is 4.15. The molecule has 3 rings (SSSR count). The molecule has 0 spiro atoms. The van der Waals surface area contributed by atoms with E-state index in [0.29, 0.717) is 12.0 Å². The average Bonchev–Trinajstić information content (AvgIpc) is 3.00. The Morgan fingerprint density at radius 2 is 2.09 bits per heavy atom. The molecule has 22 heavy (non-hydrogen) atoms. The first-order valence-electron chi connectivity index (χ1n) is 8.44. The molecule has 0 radical (unpaired) electrons. The number of hydrogen-bond acceptors (Lipinski definition) is 2. The molecular formula is C19H27N3. The molecule has 0 unspecified atom stereocenters. The van der Waals surface area contributed by atoms with Crippen molar-refractivity contribution in [1.29, 1.82) is 0 Å². The number of rotatable bonds is 4. The summed E-state index contributed by atoms with van der Waals surface area (Å²) in [6.07, 6.45) is 6.60. The third-order valence-corrected chi connectivity index (χ3v) is 4.78. The van der Waals surface area contributed by atoms with E-state index in [1.807, 2.05) is 6.20 Å². The van der Waals surface area contributed by atoms with Crippen molar-refractivity contribution in [2.24, 2.45) is 0 Å². The second-order valence-electron chi connectivity index (χ2n) is 6.79. The van der Waals surface area contributed by atoms with Gasteiger partial charge in [-0.1, -0.05) is 24.3 Å². The van der Waals surface area contributed by atoms with Gasteiger partial charge in [-0.05, 0) is 51.3 Å². The van der Waals surface area contributed by atoms with Gasteiger partial charge in [0.2, 0.25) is 0 Å². The molecule has 118 valence electrons. The first-order chi connectivity index (χ1) is 10.6. The Labute approximate surface area is 134 Å². The van der Waals surface area contributed by atoms with E-state index < -0.39 is 0 Å². The van der Waals surface area contributed by atoms with E-state index in [-0.39, 0.29) is 0 Å². The monoisotopic (exact) mass is 297 g/mol. The van der Waals surface area contributed by atoms with Gasteiger partial charge in [-0.3, -0.25) is 4.90 Å². The van der Waals surface area contributed by atoms with Gasteiger partial charge < -0.3 is 4.57 Å². The molecule has 0 N–H and O–H groups in total. The van der Waals surface area contributed by atoms with Crippen LogP contribution >= 0.6 is 0 Å². The number of nitrogens with zero attached hydrogens (tertiary/aromatic N) is 3. The van der Waals surface area contributed by atoms with E-state index in [1.165, 1.54) is 36.3 Å². The van der Waals surface area contributed by atoms with Crippen molar-refractivity contribution < 1.29 is 0 Å². The minimum atomic E-state index is 0.490. The first-order valence-corrected chi connectivity index (χ1v) is 8.44. The number of likely N-dealkylation sites (tertiary alicyclic amines) is 1. The fourth-order valence-electron chi connectivity index (χ4n) is 3.52. The van der Waals surface area contributed by atoms with Crippen molar-refractivity contribution in [2.75, 3.05) is 13.1 Å². The standard InChI is InChI=1S/C19H27N3/c1-15(2)22-12-10-20-19(22)18-9-6-11-21(14-18)13-17-8-5-4-7-16(17)3/h4-5,7-8,10,12,15,18H,6,9,11,13-14H2,1-3H3/t18-/m1/s1. The molecule has 3 heteroatoms. The van der Waals surface area contributed by atoms with Crippen LogP contribution in [0.3, 0.4) is 0 Å². The average molecular weight is 297 g/mol. The maximum atomic E-state index is 4.66. The Hall–Kier alpha value is -1.61. The second-order valence-corrected chi connectivity index (χ2v) is 6.79. The quantitative estimate of drug-likeness (QED) is 0.845. The van der Waals surface area contributed by atoms with Crippen LogP contribution in [0.15, 0.2) is 36.7 Å². The van der Waals surface area contributed by atoms with Crippen LogP contribution in [0.5, 0.6) is 0 Å². The van der Waals surface area contributed by atoms with Gasteiger partial charge >= 0.3 is 0 Å². The summed E-state index contributed by atoms with van der Waals surface area (Å²) in [5, 5.41) is 0. The van der Waals surface area contributed by atoms with Gasteiger partial charge in [0.1, 0.15) is 5.82 Å². The summed E-state index contributed by atoms with van der Waals surface area (Å²) in [4.78, 5) is 7.25. The van der Waals surface area contributed by atoms with Gasteiger partial charge in [0.05, 0.1) is 0 Å². The highest BCUT2D eigenvalue weighted by atomic mass is 15.2. The molecule has 1 fully saturated rings. The number of benzene rings is 1. The maximum absolute atomic E-state index is 4.66. The summed E-state index contributed by atoms with van der Waals surface area (Å²) in [5.41, 5.74) is 2.85. The molecule has 1 atom stereocenters. The van der Waals surface area contributed by atoms with Crippen LogP contribution < -0.4 is 0 Å². The van der Waals surface area contributed by atoms with Crippen LogP contribution in [-0.4, -0.2) is 27.5 Å². The highest BCUT2D eigenvalue weighted by Crippen LogP contribution is 2.28. The fraction of sp³-hybridized carbons (Fsp3) is 0.526. The van der Waals surface area contributed by atoms with Crippen LogP contribution in [-0.2, 0) is 6.54 Å². The third-order valence-electron chi connectivity index (χ3n) is 4.78. The van der Waals surface area contributed by atoms with Gasteiger partial charge in [0.15, 0.2) is 0 Å². The zero-order valence-corrected chi connectivity index (χ0v) is 14.0. The normalized spacial score (nSPS) is 19.7. The number of hydrogen-bond donors (Lipinski definition) is 0. The maximum Gasteiger partial charge on any atom is 0.113 e. The highest BCUT2D eigenvalue weighted by molar-refractivity contribution is 5.25. The molecule has 1 aromatic carbocycles. The Bertz CT molecular complexity index is 615. The van der Waals surface area contributed by atoms with E-state index >= 15 is 0 Å². The van der Waals surface area contributed by atoms with Crippen LogP contribution in [0.4, 0.5) is 0 Å². The fourth-order valence-corrected chi connectivity index (χ4v) is 3.52. The largest absolute Gasteiger partial charge is 0.332 e. The topological polar surface area (TPSA) is 21.1 Å².